The Hall–Kier alpha value is -4.34. The van der Waals surface area contributed by atoms with Crippen molar-refractivity contribution in [2.24, 2.45) is 0 Å². The number of carbonyl (C=O) groups excluding carboxylic acids is 2. The number of hydrogen-bond acceptors (Lipinski definition) is 6. The van der Waals surface area contributed by atoms with Crippen LogP contribution in [0.5, 0.6) is 0 Å². The SMILES string of the molecule is CC(C)(C)NC(=O)[C@@H](c1ccco1)N(Cc1ccccc1)C(=O)Cn1nnc(-c2ccc(F)cc2)n1. The van der Waals surface area contributed by atoms with Crippen LogP contribution >= 0.6 is 0 Å². The van der Waals surface area contributed by atoms with Gasteiger partial charge in [0, 0.05) is 17.6 Å². The number of halogens is 1. The number of nitrogens with zero attached hydrogens (tertiary/aromatic N) is 5. The number of carbonyl (C=O) groups is 2. The Labute approximate surface area is 207 Å². The van der Waals surface area contributed by atoms with Crippen molar-refractivity contribution in [3.63, 3.8) is 0 Å². The summed E-state index contributed by atoms with van der Waals surface area (Å²) in [6.45, 7) is 5.49. The van der Waals surface area contributed by atoms with E-state index in [4.69, 9.17) is 4.42 Å². The summed E-state index contributed by atoms with van der Waals surface area (Å²) in [6.07, 6.45) is 1.46. The minimum Gasteiger partial charge on any atom is -0.467 e. The van der Waals surface area contributed by atoms with Gasteiger partial charge in [0.25, 0.3) is 5.91 Å². The Kier molecular flexibility index (Phi) is 7.23. The fourth-order valence-electron chi connectivity index (χ4n) is 3.65. The van der Waals surface area contributed by atoms with E-state index in [0.717, 1.165) is 10.4 Å². The highest BCUT2D eigenvalue weighted by molar-refractivity contribution is 5.88. The smallest absolute Gasteiger partial charge is 0.251 e. The third-order valence-electron chi connectivity index (χ3n) is 5.22. The molecule has 10 heteroatoms. The zero-order valence-corrected chi connectivity index (χ0v) is 20.3. The van der Waals surface area contributed by atoms with E-state index in [1.807, 2.05) is 51.1 Å². The number of rotatable bonds is 8. The lowest BCUT2D eigenvalue weighted by Gasteiger charge is -2.32. The van der Waals surface area contributed by atoms with Crippen molar-refractivity contribution in [3.8, 4) is 11.4 Å². The molecule has 1 N–H and O–H groups in total. The van der Waals surface area contributed by atoms with Gasteiger partial charge in [0.05, 0.1) is 6.26 Å². The van der Waals surface area contributed by atoms with Gasteiger partial charge in [-0.05, 0) is 67.9 Å². The molecule has 4 rings (SSSR count). The van der Waals surface area contributed by atoms with Gasteiger partial charge in [0.2, 0.25) is 11.7 Å². The molecular weight excluding hydrogens is 463 g/mol. The molecule has 0 aliphatic heterocycles. The molecule has 0 aliphatic carbocycles. The lowest BCUT2D eigenvalue weighted by Crippen LogP contribution is -2.49. The van der Waals surface area contributed by atoms with Gasteiger partial charge in [-0.2, -0.15) is 4.80 Å². The maximum atomic E-state index is 13.6. The first-order valence-electron chi connectivity index (χ1n) is 11.4. The second kappa shape index (κ2) is 10.5. The fraction of sp³-hybridized carbons (Fsp3) is 0.269. The predicted molar refractivity (Wildman–Crippen MR) is 130 cm³/mol. The minimum atomic E-state index is -1.02. The second-order valence-electron chi connectivity index (χ2n) is 9.31. The van der Waals surface area contributed by atoms with Crippen LogP contribution in [0.4, 0.5) is 4.39 Å². The van der Waals surface area contributed by atoms with E-state index < -0.39 is 17.5 Å². The summed E-state index contributed by atoms with van der Waals surface area (Å²) in [7, 11) is 0. The van der Waals surface area contributed by atoms with E-state index in [1.165, 1.54) is 35.4 Å². The Morgan fingerprint density at radius 3 is 2.42 bits per heavy atom. The molecule has 0 saturated heterocycles. The van der Waals surface area contributed by atoms with Gasteiger partial charge < -0.3 is 14.6 Å². The molecule has 0 radical (unpaired) electrons. The van der Waals surface area contributed by atoms with Crippen molar-refractivity contribution < 1.29 is 18.4 Å². The van der Waals surface area contributed by atoms with Crippen LogP contribution < -0.4 is 5.32 Å². The van der Waals surface area contributed by atoms with Crippen molar-refractivity contribution in [1.82, 2.24) is 30.4 Å². The highest BCUT2D eigenvalue weighted by Gasteiger charge is 2.35. The molecule has 0 aliphatic rings. The zero-order chi connectivity index (χ0) is 25.7. The number of aromatic nitrogens is 4. The van der Waals surface area contributed by atoms with Crippen molar-refractivity contribution in [1.29, 1.82) is 0 Å². The van der Waals surface area contributed by atoms with Crippen LogP contribution in [0.15, 0.2) is 77.4 Å². The molecule has 0 bridgehead atoms. The highest BCUT2D eigenvalue weighted by Crippen LogP contribution is 2.26. The Morgan fingerprint density at radius 2 is 1.78 bits per heavy atom. The Balaban J connectivity index is 1.64. The summed E-state index contributed by atoms with van der Waals surface area (Å²) >= 11 is 0. The third kappa shape index (κ3) is 6.21. The van der Waals surface area contributed by atoms with Crippen molar-refractivity contribution in [2.45, 2.75) is 45.4 Å². The van der Waals surface area contributed by atoms with Gasteiger partial charge >= 0.3 is 0 Å². The molecular formula is C26H27FN6O3. The Bertz CT molecular complexity index is 1300. The summed E-state index contributed by atoms with van der Waals surface area (Å²) in [6, 6.07) is 17.3. The van der Waals surface area contributed by atoms with E-state index in [9.17, 15) is 14.0 Å². The molecule has 0 spiro atoms. The van der Waals surface area contributed by atoms with E-state index >= 15 is 0 Å². The third-order valence-corrected chi connectivity index (χ3v) is 5.22. The van der Waals surface area contributed by atoms with E-state index in [1.54, 1.807) is 12.1 Å². The first-order valence-corrected chi connectivity index (χ1v) is 11.4. The number of tetrazole rings is 1. The van der Waals surface area contributed by atoms with Crippen molar-refractivity contribution in [3.05, 3.63) is 90.1 Å². The van der Waals surface area contributed by atoms with Gasteiger partial charge in [-0.1, -0.05) is 30.3 Å². The van der Waals surface area contributed by atoms with Crippen LogP contribution in [0, 0.1) is 5.82 Å². The van der Waals surface area contributed by atoms with Crippen molar-refractivity contribution >= 4 is 11.8 Å². The maximum absolute atomic E-state index is 13.6. The van der Waals surface area contributed by atoms with E-state index in [0.29, 0.717) is 11.3 Å². The van der Waals surface area contributed by atoms with Gasteiger partial charge in [0.1, 0.15) is 18.1 Å². The van der Waals surface area contributed by atoms with Gasteiger partial charge in [-0.3, -0.25) is 9.59 Å². The summed E-state index contributed by atoms with van der Waals surface area (Å²) < 4.78 is 18.8. The first kappa shape index (κ1) is 24.8. The molecule has 2 heterocycles. The molecule has 2 amide bonds. The Morgan fingerprint density at radius 1 is 1.06 bits per heavy atom. The quantitative estimate of drug-likeness (QED) is 0.403. The summed E-state index contributed by atoms with van der Waals surface area (Å²) in [5.74, 6) is -0.576. The molecule has 2 aromatic heterocycles. The van der Waals surface area contributed by atoms with Crippen LogP contribution in [0.3, 0.4) is 0 Å². The van der Waals surface area contributed by atoms with Gasteiger partial charge in [-0.15, -0.1) is 10.2 Å². The maximum Gasteiger partial charge on any atom is 0.251 e. The van der Waals surface area contributed by atoms with Crippen LogP contribution in [0.2, 0.25) is 0 Å². The van der Waals surface area contributed by atoms with Crippen molar-refractivity contribution in [2.75, 3.05) is 0 Å². The zero-order valence-electron chi connectivity index (χ0n) is 20.3. The molecule has 9 nitrogen and oxygen atoms in total. The van der Waals surface area contributed by atoms with Crippen LogP contribution in [-0.2, 0) is 22.7 Å². The second-order valence-corrected chi connectivity index (χ2v) is 9.31. The predicted octanol–water partition coefficient (Wildman–Crippen LogP) is 3.76. The number of benzene rings is 2. The molecule has 1 atom stereocenters. The number of amides is 2. The van der Waals surface area contributed by atoms with Crippen LogP contribution in [0.25, 0.3) is 11.4 Å². The lowest BCUT2D eigenvalue weighted by atomic mass is 10.1. The molecule has 0 saturated carbocycles. The monoisotopic (exact) mass is 490 g/mol. The molecule has 0 unspecified atom stereocenters. The normalized spacial score (nSPS) is 12.2. The number of furan rings is 1. The van der Waals surface area contributed by atoms with E-state index in [-0.39, 0.29) is 30.6 Å². The minimum absolute atomic E-state index is 0.155. The number of nitrogens with one attached hydrogen (secondary N) is 1. The fourth-order valence-corrected chi connectivity index (χ4v) is 3.65. The first-order chi connectivity index (χ1) is 17.2. The molecule has 36 heavy (non-hydrogen) atoms. The summed E-state index contributed by atoms with van der Waals surface area (Å²) in [5, 5.41) is 15.2. The van der Waals surface area contributed by atoms with E-state index in [2.05, 4.69) is 20.7 Å². The largest absolute Gasteiger partial charge is 0.467 e. The highest BCUT2D eigenvalue weighted by atomic mass is 19.1. The summed E-state index contributed by atoms with van der Waals surface area (Å²) in [4.78, 5) is 29.6. The van der Waals surface area contributed by atoms with Gasteiger partial charge in [-0.25, -0.2) is 4.39 Å². The topological polar surface area (TPSA) is 106 Å². The standard InChI is InChI=1S/C26H27FN6O3/c1-26(2,3)28-25(35)23(21-10-7-15-36-21)32(16-18-8-5-4-6-9-18)22(34)17-33-30-24(29-31-33)19-11-13-20(27)14-12-19/h4-15,23H,16-17H2,1-3H3,(H,28,35)/t23-/m1/s1. The van der Waals surface area contributed by atoms with Gasteiger partial charge in [0.15, 0.2) is 6.04 Å². The van der Waals surface area contributed by atoms with Crippen LogP contribution in [-0.4, -0.2) is 42.5 Å². The molecule has 2 aromatic carbocycles. The van der Waals surface area contributed by atoms with Crippen LogP contribution in [0.1, 0.15) is 38.1 Å². The molecule has 186 valence electrons. The molecule has 4 aromatic rings. The summed E-state index contributed by atoms with van der Waals surface area (Å²) in [5.41, 5.74) is 0.875. The average Bonchev–Trinajstić information content (AvgIpc) is 3.51. The molecule has 0 fully saturated rings. The lowest BCUT2D eigenvalue weighted by molar-refractivity contribution is -0.143. The number of hydrogen-bond donors (Lipinski definition) is 1. The average molecular weight is 491 g/mol.